The minimum atomic E-state index is 0.846. The highest BCUT2D eigenvalue weighted by Crippen LogP contribution is 2.23. The Morgan fingerprint density at radius 3 is 1.79 bits per heavy atom. The lowest BCUT2D eigenvalue weighted by molar-refractivity contribution is 0.393. The summed E-state index contributed by atoms with van der Waals surface area (Å²) >= 11 is 0. The van der Waals surface area contributed by atoms with Crippen molar-refractivity contribution in [2.45, 2.75) is 19.8 Å². The molecule has 0 atom stereocenters. The molecular weight excluding hydrogens is 236 g/mol. The van der Waals surface area contributed by atoms with Crippen molar-refractivity contribution in [2.75, 3.05) is 14.2 Å². The fraction of sp³-hybridized carbons (Fsp3) is 0.294. The first kappa shape index (κ1) is 13.5. The Bertz CT molecular complexity index is 507. The summed E-state index contributed by atoms with van der Waals surface area (Å²) in [6.45, 7) is 2.11. The van der Waals surface area contributed by atoms with E-state index in [0.29, 0.717) is 0 Å². The van der Waals surface area contributed by atoms with Crippen LogP contribution in [0.2, 0.25) is 0 Å². The van der Waals surface area contributed by atoms with E-state index in [1.807, 2.05) is 6.07 Å². The fourth-order valence-corrected chi connectivity index (χ4v) is 2.05. The number of hydrogen-bond acceptors (Lipinski definition) is 2. The molecule has 0 heterocycles. The first-order valence-electron chi connectivity index (χ1n) is 6.49. The lowest BCUT2D eigenvalue weighted by atomic mass is 10.0. The smallest absolute Gasteiger partial charge is 0.122 e. The van der Waals surface area contributed by atoms with E-state index in [1.54, 1.807) is 14.2 Å². The molecule has 0 bridgehead atoms. The van der Waals surface area contributed by atoms with Crippen molar-refractivity contribution in [3.05, 3.63) is 59.2 Å². The van der Waals surface area contributed by atoms with Crippen LogP contribution in [0.3, 0.4) is 0 Å². The molecule has 0 unspecified atom stereocenters. The molecule has 0 amide bonds. The van der Waals surface area contributed by atoms with Crippen LogP contribution < -0.4 is 9.47 Å². The Kier molecular flexibility index (Phi) is 4.45. The highest BCUT2D eigenvalue weighted by atomic mass is 16.5. The highest BCUT2D eigenvalue weighted by molar-refractivity contribution is 5.38. The lowest BCUT2D eigenvalue weighted by Crippen LogP contribution is -1.94. The van der Waals surface area contributed by atoms with Crippen LogP contribution in [0.5, 0.6) is 11.5 Å². The van der Waals surface area contributed by atoms with Crippen LogP contribution in [0.25, 0.3) is 0 Å². The number of rotatable bonds is 5. The molecule has 0 aliphatic heterocycles. The summed E-state index contributed by atoms with van der Waals surface area (Å²) in [6, 6.07) is 14.7. The van der Waals surface area contributed by atoms with Crippen molar-refractivity contribution < 1.29 is 9.47 Å². The van der Waals surface area contributed by atoms with E-state index in [2.05, 4.69) is 43.3 Å². The van der Waals surface area contributed by atoms with Crippen molar-refractivity contribution in [2.24, 2.45) is 0 Å². The van der Waals surface area contributed by atoms with E-state index in [9.17, 15) is 0 Å². The number of methoxy groups -OCH3 is 2. The minimum Gasteiger partial charge on any atom is -0.497 e. The number of hydrogen-bond donors (Lipinski definition) is 0. The van der Waals surface area contributed by atoms with Gasteiger partial charge in [-0.15, -0.1) is 0 Å². The molecule has 0 radical (unpaired) electrons. The Balaban J connectivity index is 2.08. The summed E-state index contributed by atoms with van der Waals surface area (Å²) in [4.78, 5) is 0. The predicted molar refractivity (Wildman–Crippen MR) is 78.1 cm³/mol. The van der Waals surface area contributed by atoms with Gasteiger partial charge in [-0.05, 0) is 43.0 Å². The van der Waals surface area contributed by atoms with Crippen LogP contribution in [0.15, 0.2) is 42.5 Å². The third kappa shape index (κ3) is 3.75. The quantitative estimate of drug-likeness (QED) is 0.810. The predicted octanol–water partition coefficient (Wildman–Crippen LogP) is 3.80. The van der Waals surface area contributed by atoms with Gasteiger partial charge in [0.05, 0.1) is 14.2 Å². The number of ether oxygens (including phenoxy) is 2. The van der Waals surface area contributed by atoms with Gasteiger partial charge < -0.3 is 9.47 Å². The highest BCUT2D eigenvalue weighted by Gasteiger charge is 2.02. The van der Waals surface area contributed by atoms with Crippen molar-refractivity contribution in [3.63, 3.8) is 0 Å². The zero-order valence-corrected chi connectivity index (χ0v) is 11.8. The summed E-state index contributed by atoms with van der Waals surface area (Å²) in [5.41, 5.74) is 3.89. The zero-order chi connectivity index (χ0) is 13.7. The Morgan fingerprint density at radius 1 is 0.737 bits per heavy atom. The van der Waals surface area contributed by atoms with Gasteiger partial charge in [-0.1, -0.05) is 29.8 Å². The van der Waals surface area contributed by atoms with Gasteiger partial charge in [-0.25, -0.2) is 0 Å². The maximum absolute atomic E-state index is 5.29. The zero-order valence-electron chi connectivity index (χ0n) is 11.8. The van der Waals surface area contributed by atoms with Crippen molar-refractivity contribution in [3.8, 4) is 11.5 Å². The van der Waals surface area contributed by atoms with E-state index in [-0.39, 0.29) is 0 Å². The van der Waals surface area contributed by atoms with Crippen LogP contribution in [0.1, 0.15) is 16.7 Å². The molecule has 2 nitrogen and oxygen atoms in total. The molecule has 100 valence electrons. The van der Waals surface area contributed by atoms with E-state index >= 15 is 0 Å². The van der Waals surface area contributed by atoms with Gasteiger partial charge in [-0.2, -0.15) is 0 Å². The van der Waals surface area contributed by atoms with Gasteiger partial charge in [0.2, 0.25) is 0 Å². The molecule has 2 rings (SSSR count). The Hall–Kier alpha value is -1.96. The molecule has 0 aliphatic carbocycles. The molecule has 2 heteroatoms. The normalized spacial score (nSPS) is 10.3. The van der Waals surface area contributed by atoms with Crippen LogP contribution >= 0.6 is 0 Å². The maximum Gasteiger partial charge on any atom is 0.122 e. The van der Waals surface area contributed by atoms with E-state index < -0.39 is 0 Å². The third-order valence-electron chi connectivity index (χ3n) is 3.23. The molecule has 0 saturated heterocycles. The average Bonchev–Trinajstić information content (AvgIpc) is 2.46. The van der Waals surface area contributed by atoms with E-state index in [4.69, 9.17) is 9.47 Å². The molecule has 0 saturated carbocycles. The molecule has 0 aliphatic rings. The number of benzene rings is 2. The molecule has 0 aromatic heterocycles. The summed E-state index contributed by atoms with van der Waals surface area (Å²) in [7, 11) is 3.36. The lowest BCUT2D eigenvalue weighted by Gasteiger charge is -2.08. The second-order valence-electron chi connectivity index (χ2n) is 4.71. The van der Waals surface area contributed by atoms with Crippen LogP contribution in [0, 0.1) is 6.92 Å². The molecule has 0 spiro atoms. The summed E-state index contributed by atoms with van der Waals surface area (Å²) in [5.74, 6) is 1.69. The van der Waals surface area contributed by atoms with Crippen molar-refractivity contribution in [1.82, 2.24) is 0 Å². The molecule has 0 N–H and O–H groups in total. The van der Waals surface area contributed by atoms with E-state index in [1.165, 1.54) is 16.7 Å². The Morgan fingerprint density at radius 2 is 1.26 bits per heavy atom. The Labute approximate surface area is 115 Å². The van der Waals surface area contributed by atoms with Gasteiger partial charge in [-0.3, -0.25) is 0 Å². The van der Waals surface area contributed by atoms with Crippen LogP contribution in [-0.4, -0.2) is 14.2 Å². The molecule has 0 fully saturated rings. The first-order valence-corrected chi connectivity index (χ1v) is 6.49. The summed E-state index contributed by atoms with van der Waals surface area (Å²) < 4.78 is 10.6. The second kappa shape index (κ2) is 6.28. The fourth-order valence-electron chi connectivity index (χ4n) is 2.05. The second-order valence-corrected chi connectivity index (χ2v) is 4.71. The third-order valence-corrected chi connectivity index (χ3v) is 3.23. The summed E-state index contributed by atoms with van der Waals surface area (Å²) in [6.07, 6.45) is 2.01. The van der Waals surface area contributed by atoms with Crippen molar-refractivity contribution >= 4 is 0 Å². The van der Waals surface area contributed by atoms with Gasteiger partial charge in [0.25, 0.3) is 0 Å². The van der Waals surface area contributed by atoms with Crippen LogP contribution in [-0.2, 0) is 12.8 Å². The minimum absolute atomic E-state index is 0.846. The monoisotopic (exact) mass is 256 g/mol. The molecular formula is C17H20O2. The molecule has 2 aromatic rings. The topological polar surface area (TPSA) is 18.5 Å². The van der Waals surface area contributed by atoms with Gasteiger partial charge in [0, 0.05) is 6.07 Å². The standard InChI is InChI=1S/C17H20O2/c1-13-4-6-14(7-5-13)8-9-15-10-16(18-2)12-17(11-15)19-3/h4-7,10-12H,8-9H2,1-3H3. The number of aryl methyl sites for hydroxylation is 3. The SMILES string of the molecule is COc1cc(CCc2ccc(C)cc2)cc(OC)c1. The van der Waals surface area contributed by atoms with E-state index in [0.717, 1.165) is 24.3 Å². The van der Waals surface area contributed by atoms with Gasteiger partial charge in [0.1, 0.15) is 11.5 Å². The first-order chi connectivity index (χ1) is 9.21. The van der Waals surface area contributed by atoms with Crippen molar-refractivity contribution in [1.29, 1.82) is 0 Å². The summed E-state index contributed by atoms with van der Waals surface area (Å²) in [5, 5.41) is 0. The molecule has 2 aromatic carbocycles. The largest absolute Gasteiger partial charge is 0.497 e. The van der Waals surface area contributed by atoms with Gasteiger partial charge in [0.15, 0.2) is 0 Å². The van der Waals surface area contributed by atoms with Gasteiger partial charge >= 0.3 is 0 Å². The maximum atomic E-state index is 5.29. The van der Waals surface area contributed by atoms with Crippen LogP contribution in [0.4, 0.5) is 0 Å². The average molecular weight is 256 g/mol. The molecule has 19 heavy (non-hydrogen) atoms.